The van der Waals surface area contributed by atoms with E-state index in [9.17, 15) is 4.79 Å². The lowest BCUT2D eigenvalue weighted by Gasteiger charge is -2.32. The first-order valence-electron chi connectivity index (χ1n) is 10.1. The third-order valence-electron chi connectivity index (χ3n) is 5.59. The zero-order chi connectivity index (χ0) is 19.3. The maximum absolute atomic E-state index is 12.9. The number of fused-ring (bicyclic) bond motifs is 1. The predicted molar refractivity (Wildman–Crippen MR) is 104 cm³/mol. The summed E-state index contributed by atoms with van der Waals surface area (Å²) < 4.78 is 12.9. The summed E-state index contributed by atoms with van der Waals surface area (Å²) in [7, 11) is 1.65. The average molecular weight is 384 g/mol. The van der Waals surface area contributed by atoms with Crippen LogP contribution in [0.15, 0.2) is 24.3 Å². The van der Waals surface area contributed by atoms with E-state index in [1.165, 1.54) is 0 Å². The number of amides is 1. The maximum Gasteiger partial charge on any atom is 0.227 e. The van der Waals surface area contributed by atoms with E-state index in [4.69, 9.17) is 9.47 Å². The van der Waals surface area contributed by atoms with Gasteiger partial charge in [-0.15, -0.1) is 10.2 Å². The predicted octanol–water partition coefficient (Wildman–Crippen LogP) is 2.20. The van der Waals surface area contributed by atoms with Gasteiger partial charge in [-0.1, -0.05) is 12.1 Å². The molecule has 28 heavy (non-hydrogen) atoms. The number of nitrogens with zero attached hydrogens (tertiary/aromatic N) is 4. The normalized spacial score (nSPS) is 18.9. The molecule has 1 unspecified atom stereocenters. The molecule has 0 bridgehead atoms. The van der Waals surface area contributed by atoms with E-state index in [0.717, 1.165) is 68.3 Å². The van der Waals surface area contributed by atoms with Gasteiger partial charge in [0.15, 0.2) is 0 Å². The van der Waals surface area contributed by atoms with Gasteiger partial charge in [-0.3, -0.25) is 4.79 Å². The van der Waals surface area contributed by atoms with E-state index in [1.54, 1.807) is 7.11 Å². The molecule has 1 aromatic carbocycles. The summed E-state index contributed by atoms with van der Waals surface area (Å²) in [4.78, 5) is 14.9. The van der Waals surface area contributed by atoms with Gasteiger partial charge in [-0.2, -0.15) is 0 Å². The lowest BCUT2D eigenvalue weighted by Crippen LogP contribution is -2.40. The van der Waals surface area contributed by atoms with Gasteiger partial charge in [0.05, 0.1) is 13.0 Å². The highest BCUT2D eigenvalue weighted by Gasteiger charge is 2.30. The summed E-state index contributed by atoms with van der Waals surface area (Å²) in [6.07, 6.45) is 4.65. The summed E-state index contributed by atoms with van der Waals surface area (Å²) >= 11 is 0. The number of rotatable bonds is 7. The molecule has 1 saturated heterocycles. The Balaban J connectivity index is 1.37. The number of aromatic nitrogens is 3. The highest BCUT2D eigenvalue weighted by atomic mass is 16.5. The molecule has 2 aliphatic heterocycles. The van der Waals surface area contributed by atoms with Crippen LogP contribution in [0.25, 0.3) is 0 Å². The molecule has 0 N–H and O–H groups in total. The van der Waals surface area contributed by atoms with Gasteiger partial charge in [0.1, 0.15) is 24.0 Å². The molecule has 1 fully saturated rings. The van der Waals surface area contributed by atoms with E-state index in [-0.39, 0.29) is 5.91 Å². The number of likely N-dealkylation sites (tertiary alicyclic amines) is 1. The molecular formula is C21H28N4O3. The second-order valence-corrected chi connectivity index (χ2v) is 7.57. The SMILES string of the molecule is COCCOc1cccc(CC(=O)N2CCCC(c3nnc4n3CCC4)C2)c1. The number of hydrogen-bond acceptors (Lipinski definition) is 5. The van der Waals surface area contributed by atoms with Crippen molar-refractivity contribution >= 4 is 5.91 Å². The van der Waals surface area contributed by atoms with E-state index >= 15 is 0 Å². The van der Waals surface area contributed by atoms with Crippen LogP contribution in [0.3, 0.4) is 0 Å². The summed E-state index contributed by atoms with van der Waals surface area (Å²) in [5.74, 6) is 3.40. The number of hydrogen-bond donors (Lipinski definition) is 0. The van der Waals surface area contributed by atoms with Gasteiger partial charge in [0.25, 0.3) is 0 Å². The molecule has 2 aromatic rings. The molecule has 0 aliphatic carbocycles. The second-order valence-electron chi connectivity index (χ2n) is 7.57. The number of ether oxygens (including phenoxy) is 2. The first-order valence-corrected chi connectivity index (χ1v) is 10.1. The van der Waals surface area contributed by atoms with Crippen molar-refractivity contribution in [1.29, 1.82) is 0 Å². The molecule has 1 amide bonds. The fraction of sp³-hybridized carbons (Fsp3) is 0.571. The summed E-state index contributed by atoms with van der Waals surface area (Å²) in [5.41, 5.74) is 0.977. The van der Waals surface area contributed by atoms with E-state index < -0.39 is 0 Å². The largest absolute Gasteiger partial charge is 0.491 e. The minimum absolute atomic E-state index is 0.167. The van der Waals surface area contributed by atoms with Crippen LogP contribution < -0.4 is 4.74 Å². The van der Waals surface area contributed by atoms with Crippen LogP contribution in [-0.2, 0) is 28.9 Å². The fourth-order valence-electron chi connectivity index (χ4n) is 4.16. The van der Waals surface area contributed by atoms with Crippen molar-refractivity contribution in [3.63, 3.8) is 0 Å². The molecule has 0 spiro atoms. The number of carbonyl (C=O) groups is 1. The van der Waals surface area contributed by atoms with Crippen LogP contribution in [0, 0.1) is 0 Å². The smallest absolute Gasteiger partial charge is 0.227 e. The maximum atomic E-state index is 12.9. The van der Waals surface area contributed by atoms with Gasteiger partial charge in [0, 0.05) is 39.1 Å². The number of piperidine rings is 1. The quantitative estimate of drug-likeness (QED) is 0.685. The standard InChI is InChI=1S/C21H28N4O3/c1-27-11-12-28-18-7-2-5-16(13-18)14-20(26)24-9-3-6-17(15-24)21-23-22-19-8-4-10-25(19)21/h2,5,7,13,17H,3-4,6,8-12,14-15H2,1H3. The topological polar surface area (TPSA) is 69.5 Å². The Hall–Kier alpha value is -2.41. The lowest BCUT2D eigenvalue weighted by molar-refractivity contribution is -0.131. The van der Waals surface area contributed by atoms with Crippen molar-refractivity contribution < 1.29 is 14.3 Å². The van der Waals surface area contributed by atoms with Gasteiger partial charge in [0.2, 0.25) is 5.91 Å². The molecule has 2 aliphatic rings. The van der Waals surface area contributed by atoms with Crippen LogP contribution in [0.5, 0.6) is 5.75 Å². The second kappa shape index (κ2) is 8.73. The highest BCUT2D eigenvalue weighted by Crippen LogP contribution is 2.29. The molecule has 0 radical (unpaired) electrons. The molecule has 1 atom stereocenters. The molecule has 7 nitrogen and oxygen atoms in total. The molecule has 0 saturated carbocycles. The van der Waals surface area contributed by atoms with Crippen molar-refractivity contribution in [3.05, 3.63) is 41.5 Å². The van der Waals surface area contributed by atoms with Crippen molar-refractivity contribution in [2.75, 3.05) is 33.4 Å². The monoisotopic (exact) mass is 384 g/mol. The van der Waals surface area contributed by atoms with E-state index in [1.807, 2.05) is 29.2 Å². The van der Waals surface area contributed by atoms with Crippen molar-refractivity contribution in [2.45, 2.75) is 44.6 Å². The number of benzene rings is 1. The third-order valence-corrected chi connectivity index (χ3v) is 5.59. The van der Waals surface area contributed by atoms with Crippen molar-refractivity contribution in [2.24, 2.45) is 0 Å². The Labute approximate surface area is 165 Å². The van der Waals surface area contributed by atoms with E-state index in [0.29, 0.717) is 25.6 Å². The first kappa shape index (κ1) is 18.9. The molecule has 4 rings (SSSR count). The van der Waals surface area contributed by atoms with Gasteiger partial charge in [-0.25, -0.2) is 0 Å². The molecule has 1 aromatic heterocycles. The van der Waals surface area contributed by atoms with Crippen LogP contribution in [-0.4, -0.2) is 59.0 Å². The minimum Gasteiger partial charge on any atom is -0.491 e. The fourth-order valence-corrected chi connectivity index (χ4v) is 4.16. The third kappa shape index (κ3) is 4.19. The zero-order valence-corrected chi connectivity index (χ0v) is 16.5. The summed E-state index contributed by atoms with van der Waals surface area (Å²) in [6, 6.07) is 7.77. The Bertz CT molecular complexity index is 820. The van der Waals surface area contributed by atoms with Crippen LogP contribution in [0.1, 0.15) is 42.4 Å². The molecular weight excluding hydrogens is 356 g/mol. The summed E-state index contributed by atoms with van der Waals surface area (Å²) in [5, 5.41) is 8.77. The highest BCUT2D eigenvalue weighted by molar-refractivity contribution is 5.79. The van der Waals surface area contributed by atoms with Crippen LogP contribution in [0.2, 0.25) is 0 Å². The molecule has 150 valence electrons. The minimum atomic E-state index is 0.167. The van der Waals surface area contributed by atoms with Crippen molar-refractivity contribution in [3.8, 4) is 5.75 Å². The van der Waals surface area contributed by atoms with Crippen molar-refractivity contribution in [1.82, 2.24) is 19.7 Å². The number of carbonyl (C=O) groups excluding carboxylic acids is 1. The van der Waals surface area contributed by atoms with Gasteiger partial charge >= 0.3 is 0 Å². The molecule has 7 heteroatoms. The van der Waals surface area contributed by atoms with Crippen LogP contribution in [0.4, 0.5) is 0 Å². The number of aryl methyl sites for hydroxylation is 1. The first-order chi connectivity index (χ1) is 13.7. The van der Waals surface area contributed by atoms with E-state index in [2.05, 4.69) is 14.8 Å². The Kier molecular flexibility index (Phi) is 5.90. The van der Waals surface area contributed by atoms with Crippen LogP contribution >= 0.6 is 0 Å². The average Bonchev–Trinajstić information content (AvgIpc) is 3.32. The Morgan fingerprint density at radius 1 is 1.21 bits per heavy atom. The zero-order valence-electron chi connectivity index (χ0n) is 16.5. The Morgan fingerprint density at radius 2 is 2.14 bits per heavy atom. The van der Waals surface area contributed by atoms with Gasteiger partial charge in [-0.05, 0) is 37.0 Å². The summed E-state index contributed by atoms with van der Waals surface area (Å²) in [6.45, 7) is 3.62. The number of methoxy groups -OCH3 is 1. The lowest BCUT2D eigenvalue weighted by atomic mass is 9.96. The van der Waals surface area contributed by atoms with Gasteiger partial charge < -0.3 is 18.9 Å². The Morgan fingerprint density at radius 3 is 3.04 bits per heavy atom. The molecule has 3 heterocycles.